The Morgan fingerprint density at radius 1 is 1.02 bits per heavy atom. The van der Waals surface area contributed by atoms with Gasteiger partial charge in [-0.15, -0.1) is 6.58 Å². The third-order valence-electron chi connectivity index (χ3n) is 10.8. The first-order chi connectivity index (χ1) is 25.4. The lowest BCUT2D eigenvalue weighted by Gasteiger charge is -2.59. The molecule has 278 valence electrons. The molecular weight excluding hydrogens is 660 g/mol. The van der Waals surface area contributed by atoms with Gasteiger partial charge in [0.05, 0.1) is 24.8 Å². The summed E-state index contributed by atoms with van der Waals surface area (Å²) < 4.78 is 26.0. The summed E-state index contributed by atoms with van der Waals surface area (Å²) in [6.07, 6.45) is 8.64. The normalized spacial score (nSPS) is 25.4. The third kappa shape index (κ3) is 7.42. The van der Waals surface area contributed by atoms with Crippen molar-refractivity contribution in [2.75, 3.05) is 40.6 Å². The minimum atomic E-state index is -1.32. The largest absolute Gasteiger partial charge is 0.459 e. The van der Waals surface area contributed by atoms with Crippen molar-refractivity contribution in [3.63, 3.8) is 0 Å². The zero-order chi connectivity index (χ0) is 36.7. The molecule has 52 heavy (non-hydrogen) atoms. The van der Waals surface area contributed by atoms with Crippen LogP contribution >= 0.6 is 0 Å². The van der Waals surface area contributed by atoms with Crippen molar-refractivity contribution in [2.24, 2.45) is 22.9 Å². The molecule has 3 aromatic carbocycles. The van der Waals surface area contributed by atoms with Crippen molar-refractivity contribution in [3.8, 4) is 17.2 Å². The first kappa shape index (κ1) is 37.4. The van der Waals surface area contributed by atoms with Crippen LogP contribution in [0.1, 0.15) is 63.4 Å². The number of benzene rings is 3. The summed E-state index contributed by atoms with van der Waals surface area (Å²) in [6, 6.07) is 19.6. The second kappa shape index (κ2) is 17.0. The molecule has 1 amide bonds. The zero-order valence-corrected chi connectivity index (χ0v) is 30.5. The highest BCUT2D eigenvalue weighted by Gasteiger charge is 2.65. The smallest absolute Gasteiger partial charge is 0.409 e. The maximum atomic E-state index is 13.5. The summed E-state index contributed by atoms with van der Waals surface area (Å²) in [7, 11) is 3.25. The van der Waals surface area contributed by atoms with Crippen molar-refractivity contribution < 1.29 is 38.8 Å². The maximum Gasteiger partial charge on any atom is 0.409 e. The molecular formula is C42H52N2O8. The SMILES string of the molecule is C=CCO[C@@]12Oc3ccc(Oc4ccc5ccccc5c4)cc3[C@H]3[C@H](CCCCO)[C@@H](CCCCO)C=C(C(=NOC)C[C@@H]1N(C)C(=O)OCC)[C@H]32. The number of carbonyl (C=O) groups excluding carboxylic acids is 1. The van der Waals surface area contributed by atoms with Gasteiger partial charge in [-0.25, -0.2) is 4.79 Å². The fraction of sp³-hybridized carbons (Fsp3) is 0.476. The van der Waals surface area contributed by atoms with Gasteiger partial charge in [0.25, 0.3) is 0 Å². The minimum absolute atomic E-state index is 0.111. The second-order valence-electron chi connectivity index (χ2n) is 13.9. The number of nitrogens with zero attached hydrogens (tertiary/aromatic N) is 2. The Hall–Kier alpha value is -4.38. The maximum absolute atomic E-state index is 13.5. The Morgan fingerprint density at radius 3 is 2.48 bits per heavy atom. The van der Waals surface area contributed by atoms with Crippen molar-refractivity contribution in [3.05, 3.63) is 90.5 Å². The van der Waals surface area contributed by atoms with Crippen LogP contribution in [-0.4, -0.2) is 79.3 Å². The van der Waals surface area contributed by atoms with E-state index in [1.165, 1.54) is 7.11 Å². The topological polar surface area (TPSA) is 119 Å². The van der Waals surface area contributed by atoms with E-state index in [2.05, 4.69) is 42.1 Å². The molecule has 10 nitrogen and oxygen atoms in total. The first-order valence-corrected chi connectivity index (χ1v) is 18.6. The summed E-state index contributed by atoms with van der Waals surface area (Å²) in [5, 5.41) is 26.4. The van der Waals surface area contributed by atoms with Gasteiger partial charge in [-0.1, -0.05) is 60.5 Å². The summed E-state index contributed by atoms with van der Waals surface area (Å²) in [4.78, 5) is 20.5. The first-order valence-electron chi connectivity index (χ1n) is 18.6. The number of amides is 1. The monoisotopic (exact) mass is 712 g/mol. The summed E-state index contributed by atoms with van der Waals surface area (Å²) in [6.45, 7) is 6.40. The number of aliphatic hydroxyl groups is 2. The lowest BCUT2D eigenvalue weighted by atomic mass is 9.55. The van der Waals surface area contributed by atoms with Crippen molar-refractivity contribution in [2.45, 2.75) is 69.6 Å². The highest BCUT2D eigenvalue weighted by molar-refractivity contribution is 6.03. The second-order valence-corrected chi connectivity index (χ2v) is 13.9. The van der Waals surface area contributed by atoms with E-state index in [0.29, 0.717) is 30.8 Å². The Morgan fingerprint density at radius 2 is 1.75 bits per heavy atom. The molecule has 3 aliphatic rings. The fourth-order valence-electron chi connectivity index (χ4n) is 8.62. The van der Waals surface area contributed by atoms with Crippen LogP contribution in [0.2, 0.25) is 0 Å². The molecule has 2 N–H and O–H groups in total. The van der Waals surface area contributed by atoms with E-state index >= 15 is 0 Å². The standard InChI is InChI=1S/C42H52N2O8/c1-5-23-50-42-38(44(3)41(47)49-6-2)27-36(43-48-4)34-25-30(15-9-11-21-45)33(16-10-12-22-46)39(40(34)42)35-26-32(19-20-37(35)52-42)51-31-18-17-28-13-7-8-14-29(28)24-31/h5,7-8,13-14,17-20,24-26,30,33,38-40,45-46H,1,6,9-12,15-16,21-23,27H2,2-4H3/t30-,33+,38-,39+,40+,42+/m0/s1. The van der Waals surface area contributed by atoms with Crippen LogP contribution in [0.3, 0.4) is 0 Å². The highest BCUT2D eigenvalue weighted by Crippen LogP contribution is 2.62. The van der Waals surface area contributed by atoms with E-state index in [-0.39, 0.29) is 44.2 Å². The molecule has 1 fully saturated rings. The molecule has 2 aliphatic carbocycles. The number of rotatable bonds is 16. The third-order valence-corrected chi connectivity index (χ3v) is 10.8. The molecule has 0 spiro atoms. The van der Waals surface area contributed by atoms with E-state index in [4.69, 9.17) is 23.8 Å². The quantitative estimate of drug-likeness (QED) is 0.0872. The van der Waals surface area contributed by atoms with Gasteiger partial charge in [-0.3, -0.25) is 0 Å². The predicted octanol–water partition coefficient (Wildman–Crippen LogP) is 7.98. The summed E-state index contributed by atoms with van der Waals surface area (Å²) in [5.41, 5.74) is 2.69. The molecule has 1 heterocycles. The van der Waals surface area contributed by atoms with E-state index < -0.39 is 23.8 Å². The number of hydrogen-bond donors (Lipinski definition) is 2. The molecule has 1 aliphatic heterocycles. The Bertz CT molecular complexity index is 1770. The molecule has 0 aromatic heterocycles. The van der Waals surface area contributed by atoms with Crippen molar-refractivity contribution in [1.82, 2.24) is 4.90 Å². The van der Waals surface area contributed by atoms with E-state index in [0.717, 1.165) is 59.1 Å². The average molecular weight is 713 g/mol. The van der Waals surface area contributed by atoms with Crippen LogP contribution < -0.4 is 9.47 Å². The lowest BCUT2D eigenvalue weighted by Crippen LogP contribution is -2.69. The van der Waals surface area contributed by atoms with Crippen molar-refractivity contribution in [1.29, 1.82) is 0 Å². The number of unbranched alkanes of at least 4 members (excludes halogenated alkanes) is 2. The molecule has 0 unspecified atom stereocenters. The molecule has 0 radical (unpaired) electrons. The number of carbonyl (C=O) groups is 1. The number of allylic oxidation sites excluding steroid dienone is 1. The number of hydrogen-bond acceptors (Lipinski definition) is 9. The minimum Gasteiger partial charge on any atom is -0.459 e. The molecule has 3 aromatic rings. The van der Waals surface area contributed by atoms with E-state index in [1.807, 2.05) is 36.4 Å². The van der Waals surface area contributed by atoms with Crippen LogP contribution in [0.4, 0.5) is 4.79 Å². The van der Waals surface area contributed by atoms with Crippen LogP contribution in [-0.2, 0) is 14.3 Å². The lowest BCUT2D eigenvalue weighted by molar-refractivity contribution is -0.253. The zero-order valence-electron chi connectivity index (χ0n) is 30.5. The fourth-order valence-corrected chi connectivity index (χ4v) is 8.62. The summed E-state index contributed by atoms with van der Waals surface area (Å²) in [5.74, 6) is 0.455. The van der Waals surface area contributed by atoms with Crippen LogP contribution in [0.5, 0.6) is 17.2 Å². The Labute approximate surface area is 306 Å². The van der Waals surface area contributed by atoms with Gasteiger partial charge in [0.1, 0.15) is 30.4 Å². The molecule has 10 heteroatoms. The number of fused-ring (bicyclic) bond motifs is 3. The summed E-state index contributed by atoms with van der Waals surface area (Å²) >= 11 is 0. The van der Waals surface area contributed by atoms with E-state index in [1.54, 1.807) is 24.9 Å². The van der Waals surface area contributed by atoms with Gasteiger partial charge in [-0.05, 0) is 91.1 Å². The van der Waals surface area contributed by atoms with Gasteiger partial charge < -0.3 is 38.9 Å². The molecule has 0 bridgehead atoms. The van der Waals surface area contributed by atoms with Gasteiger partial charge in [0.2, 0.25) is 5.79 Å². The predicted molar refractivity (Wildman–Crippen MR) is 201 cm³/mol. The Balaban J connectivity index is 1.54. The Kier molecular flexibility index (Phi) is 12.2. The molecule has 6 rings (SSSR count). The van der Waals surface area contributed by atoms with Gasteiger partial charge >= 0.3 is 6.09 Å². The van der Waals surface area contributed by atoms with Crippen LogP contribution in [0.25, 0.3) is 10.8 Å². The molecule has 1 saturated carbocycles. The van der Waals surface area contributed by atoms with Gasteiger partial charge in [0.15, 0.2) is 0 Å². The van der Waals surface area contributed by atoms with Gasteiger partial charge in [-0.2, -0.15) is 0 Å². The highest BCUT2D eigenvalue weighted by atomic mass is 16.7. The van der Waals surface area contributed by atoms with Gasteiger partial charge in [0, 0.05) is 38.2 Å². The molecule has 6 atom stereocenters. The number of ether oxygens (including phenoxy) is 4. The van der Waals surface area contributed by atoms with Crippen LogP contribution in [0, 0.1) is 17.8 Å². The van der Waals surface area contributed by atoms with E-state index in [9.17, 15) is 15.0 Å². The van der Waals surface area contributed by atoms with Crippen molar-refractivity contribution >= 4 is 22.6 Å². The molecule has 0 saturated heterocycles. The number of aliphatic hydroxyl groups excluding tert-OH is 2. The number of oxime groups is 1. The number of likely N-dealkylation sites (N-methyl/N-ethyl adjacent to an activating group) is 1. The average Bonchev–Trinajstić information content (AvgIpc) is 3.15. The van der Waals surface area contributed by atoms with Crippen LogP contribution in [0.15, 0.2) is 90.1 Å².